The highest BCUT2D eigenvalue weighted by atomic mass is 14.1. The normalized spacial score (nSPS) is 9.75. The summed E-state index contributed by atoms with van der Waals surface area (Å²) >= 11 is 0. The van der Waals surface area contributed by atoms with Crippen LogP contribution < -0.4 is 0 Å². The molecular formula is C16H22. The lowest BCUT2D eigenvalue weighted by Crippen LogP contribution is -2.02. The summed E-state index contributed by atoms with van der Waals surface area (Å²) in [5, 5.41) is 0. The molecule has 16 heavy (non-hydrogen) atoms. The fourth-order valence-electron chi connectivity index (χ4n) is 2.29. The molecule has 0 aliphatic heterocycles. The molecule has 0 heteroatoms. The maximum atomic E-state index is 3.22. The van der Waals surface area contributed by atoms with Gasteiger partial charge in [-0.3, -0.25) is 0 Å². The van der Waals surface area contributed by atoms with Crippen LogP contribution in [0.5, 0.6) is 0 Å². The fraction of sp³-hybridized carbons (Fsp3) is 0.500. The maximum Gasteiger partial charge on any atom is 0.0345 e. The molecule has 0 fully saturated rings. The minimum atomic E-state index is 0.913. The first kappa shape index (κ1) is 12.8. The second-order valence-corrected chi connectivity index (χ2v) is 4.01. The van der Waals surface area contributed by atoms with Gasteiger partial charge in [-0.15, -0.1) is 5.92 Å². The van der Waals surface area contributed by atoms with Crippen molar-refractivity contribution in [1.29, 1.82) is 0 Å². The van der Waals surface area contributed by atoms with Crippen molar-refractivity contribution in [3.63, 3.8) is 0 Å². The summed E-state index contributed by atoms with van der Waals surface area (Å²) in [6.07, 6.45) is 4.27. The quantitative estimate of drug-likeness (QED) is 0.666. The molecule has 0 amide bonds. The van der Waals surface area contributed by atoms with Gasteiger partial charge in [0.15, 0.2) is 0 Å². The van der Waals surface area contributed by atoms with E-state index in [-0.39, 0.29) is 0 Å². The van der Waals surface area contributed by atoms with E-state index in [0.717, 1.165) is 25.7 Å². The Kier molecular flexibility index (Phi) is 5.12. The van der Waals surface area contributed by atoms with Crippen LogP contribution in [0, 0.1) is 11.8 Å². The predicted octanol–water partition coefficient (Wildman–Crippen LogP) is 3.94. The molecule has 1 aromatic rings. The van der Waals surface area contributed by atoms with Crippen LogP contribution in [0.1, 0.15) is 49.9 Å². The third-order valence-electron chi connectivity index (χ3n) is 3.18. The Labute approximate surface area is 100 Å². The molecule has 86 valence electrons. The van der Waals surface area contributed by atoms with Gasteiger partial charge >= 0.3 is 0 Å². The zero-order chi connectivity index (χ0) is 12.0. The van der Waals surface area contributed by atoms with Crippen molar-refractivity contribution in [2.24, 2.45) is 0 Å². The molecule has 1 aromatic carbocycles. The number of hydrogen-bond acceptors (Lipinski definition) is 0. The minimum Gasteiger partial charge on any atom is -0.106 e. The van der Waals surface area contributed by atoms with Gasteiger partial charge in [0.25, 0.3) is 0 Å². The lowest BCUT2D eigenvalue weighted by atomic mass is 9.90. The third kappa shape index (κ3) is 2.67. The number of benzene rings is 1. The Balaban J connectivity index is 3.28. The zero-order valence-electron chi connectivity index (χ0n) is 11.0. The molecule has 0 aliphatic carbocycles. The maximum absolute atomic E-state index is 3.22. The van der Waals surface area contributed by atoms with E-state index in [1.54, 1.807) is 0 Å². The topological polar surface area (TPSA) is 0 Å². The predicted molar refractivity (Wildman–Crippen MR) is 71.7 cm³/mol. The SMILES string of the molecule is CC#CCc1c(CC)ccc(CC)c1CC. The van der Waals surface area contributed by atoms with Crippen LogP contribution in [0.2, 0.25) is 0 Å². The van der Waals surface area contributed by atoms with Crippen molar-refractivity contribution < 1.29 is 0 Å². The first-order valence-corrected chi connectivity index (χ1v) is 6.30. The second kappa shape index (κ2) is 6.38. The average molecular weight is 214 g/mol. The zero-order valence-corrected chi connectivity index (χ0v) is 11.0. The van der Waals surface area contributed by atoms with Crippen molar-refractivity contribution in [2.75, 3.05) is 0 Å². The van der Waals surface area contributed by atoms with Crippen LogP contribution in [0.3, 0.4) is 0 Å². The minimum absolute atomic E-state index is 0.913. The lowest BCUT2D eigenvalue weighted by molar-refractivity contribution is 0.972. The number of rotatable bonds is 4. The van der Waals surface area contributed by atoms with Gasteiger partial charge in [-0.25, -0.2) is 0 Å². The van der Waals surface area contributed by atoms with Gasteiger partial charge in [-0.05, 0) is 48.4 Å². The average Bonchev–Trinajstić information content (AvgIpc) is 2.34. The van der Waals surface area contributed by atoms with Crippen molar-refractivity contribution in [3.8, 4) is 11.8 Å². The molecule has 0 bridgehead atoms. The van der Waals surface area contributed by atoms with E-state index >= 15 is 0 Å². The van der Waals surface area contributed by atoms with E-state index in [9.17, 15) is 0 Å². The Hall–Kier alpha value is -1.22. The van der Waals surface area contributed by atoms with Crippen molar-refractivity contribution >= 4 is 0 Å². The molecule has 0 radical (unpaired) electrons. The second-order valence-electron chi connectivity index (χ2n) is 4.01. The summed E-state index contributed by atoms with van der Waals surface area (Å²) in [4.78, 5) is 0. The van der Waals surface area contributed by atoms with Gasteiger partial charge in [0, 0.05) is 6.42 Å². The van der Waals surface area contributed by atoms with Gasteiger partial charge in [0.05, 0.1) is 0 Å². The number of hydrogen-bond donors (Lipinski definition) is 0. The van der Waals surface area contributed by atoms with Gasteiger partial charge in [-0.2, -0.15) is 0 Å². The first-order valence-electron chi connectivity index (χ1n) is 6.30. The summed E-state index contributed by atoms with van der Waals surface area (Å²) < 4.78 is 0. The summed E-state index contributed by atoms with van der Waals surface area (Å²) in [6, 6.07) is 4.57. The first-order chi connectivity index (χ1) is 7.78. The van der Waals surface area contributed by atoms with Crippen molar-refractivity contribution in [2.45, 2.75) is 53.4 Å². The highest BCUT2D eigenvalue weighted by Crippen LogP contribution is 2.22. The highest BCUT2D eigenvalue weighted by molar-refractivity contribution is 5.43. The summed E-state index contributed by atoms with van der Waals surface area (Å²) in [5.74, 6) is 6.22. The molecule has 0 spiro atoms. The molecule has 0 saturated carbocycles. The van der Waals surface area contributed by atoms with Gasteiger partial charge in [-0.1, -0.05) is 38.8 Å². The molecule has 0 N–H and O–H groups in total. The molecule has 0 atom stereocenters. The van der Waals surface area contributed by atoms with Crippen LogP contribution >= 0.6 is 0 Å². The van der Waals surface area contributed by atoms with E-state index in [4.69, 9.17) is 0 Å². The highest BCUT2D eigenvalue weighted by Gasteiger charge is 2.09. The molecule has 0 unspecified atom stereocenters. The summed E-state index contributed by atoms with van der Waals surface area (Å²) in [5.41, 5.74) is 5.98. The molecule has 0 nitrogen and oxygen atoms in total. The Morgan fingerprint density at radius 2 is 1.44 bits per heavy atom. The Morgan fingerprint density at radius 3 is 1.88 bits per heavy atom. The molecule has 0 saturated heterocycles. The fourth-order valence-corrected chi connectivity index (χ4v) is 2.29. The van der Waals surface area contributed by atoms with Gasteiger partial charge in [0.1, 0.15) is 0 Å². The molecule has 0 aliphatic rings. The van der Waals surface area contributed by atoms with Crippen LogP contribution in [0.15, 0.2) is 12.1 Å². The molecular weight excluding hydrogens is 192 g/mol. The molecule has 1 rings (SSSR count). The van der Waals surface area contributed by atoms with Crippen molar-refractivity contribution in [1.82, 2.24) is 0 Å². The lowest BCUT2D eigenvalue weighted by Gasteiger charge is -2.15. The third-order valence-corrected chi connectivity index (χ3v) is 3.18. The smallest absolute Gasteiger partial charge is 0.0345 e. The van der Waals surface area contributed by atoms with E-state index in [0.29, 0.717) is 0 Å². The van der Waals surface area contributed by atoms with Crippen LogP contribution in [-0.4, -0.2) is 0 Å². The molecule has 0 aromatic heterocycles. The Bertz CT molecular complexity index is 402. The Morgan fingerprint density at radius 1 is 0.875 bits per heavy atom. The van der Waals surface area contributed by atoms with E-state index in [2.05, 4.69) is 44.7 Å². The van der Waals surface area contributed by atoms with E-state index < -0.39 is 0 Å². The summed E-state index contributed by atoms with van der Waals surface area (Å²) in [7, 11) is 0. The van der Waals surface area contributed by atoms with E-state index in [1.807, 2.05) is 6.92 Å². The van der Waals surface area contributed by atoms with Crippen LogP contribution in [-0.2, 0) is 25.7 Å². The van der Waals surface area contributed by atoms with E-state index in [1.165, 1.54) is 22.3 Å². The van der Waals surface area contributed by atoms with Crippen LogP contribution in [0.4, 0.5) is 0 Å². The summed E-state index contributed by atoms with van der Waals surface area (Å²) in [6.45, 7) is 8.62. The standard InChI is InChI=1S/C16H22/c1-5-9-10-16-14(7-3)12-11-13(6-2)15(16)8-4/h11-12H,6-8,10H2,1-4H3. The monoisotopic (exact) mass is 214 g/mol. The number of aryl methyl sites for hydroxylation is 2. The van der Waals surface area contributed by atoms with Gasteiger partial charge in [0.2, 0.25) is 0 Å². The van der Waals surface area contributed by atoms with Crippen molar-refractivity contribution in [3.05, 3.63) is 34.4 Å². The van der Waals surface area contributed by atoms with Gasteiger partial charge < -0.3 is 0 Å². The molecule has 0 heterocycles. The largest absolute Gasteiger partial charge is 0.106 e. The van der Waals surface area contributed by atoms with Crippen LogP contribution in [0.25, 0.3) is 0 Å².